The van der Waals surface area contributed by atoms with E-state index in [1.165, 1.54) is 17.0 Å². The lowest BCUT2D eigenvalue weighted by atomic mass is 9.83. The van der Waals surface area contributed by atoms with Crippen molar-refractivity contribution in [1.82, 2.24) is 9.96 Å². The van der Waals surface area contributed by atoms with Crippen LogP contribution in [-0.2, 0) is 0 Å². The summed E-state index contributed by atoms with van der Waals surface area (Å²) in [5.74, 6) is -1.04. The van der Waals surface area contributed by atoms with Gasteiger partial charge in [0.1, 0.15) is 6.17 Å². The van der Waals surface area contributed by atoms with Crippen molar-refractivity contribution >= 4 is 12.0 Å². The Balaban J connectivity index is 2.52. The van der Waals surface area contributed by atoms with Crippen LogP contribution in [0.4, 0.5) is 4.79 Å². The summed E-state index contributed by atoms with van der Waals surface area (Å²) in [6.45, 7) is 7.28. The zero-order chi connectivity index (χ0) is 16.9. The van der Waals surface area contributed by atoms with Crippen LogP contribution in [0.3, 0.4) is 0 Å². The normalized spacial score (nSPS) is 23.5. The minimum atomic E-state index is -1.04. The molecule has 1 aromatic carbocycles. The van der Waals surface area contributed by atoms with Gasteiger partial charge in [-0.3, -0.25) is 4.90 Å². The van der Waals surface area contributed by atoms with Crippen molar-refractivity contribution in [1.29, 1.82) is 0 Å². The maximum Gasteiger partial charge on any atom is 0.335 e. The van der Waals surface area contributed by atoms with Gasteiger partial charge < -0.3 is 16.0 Å². The molecule has 0 bridgehead atoms. The van der Waals surface area contributed by atoms with Gasteiger partial charge in [0, 0.05) is 0 Å². The van der Waals surface area contributed by atoms with Crippen molar-refractivity contribution in [2.24, 2.45) is 5.73 Å². The second-order valence-electron chi connectivity index (χ2n) is 6.47. The summed E-state index contributed by atoms with van der Waals surface area (Å²) in [4.78, 5) is 24.3. The molecule has 1 heterocycles. The molecule has 1 saturated heterocycles. The molecule has 1 unspecified atom stereocenters. The van der Waals surface area contributed by atoms with Gasteiger partial charge in [0.05, 0.1) is 16.6 Å². The van der Waals surface area contributed by atoms with Gasteiger partial charge in [0.2, 0.25) is 0 Å². The Morgan fingerprint density at radius 2 is 1.59 bits per heavy atom. The molecule has 1 aromatic rings. The average molecular weight is 307 g/mol. The Morgan fingerprint density at radius 1 is 1.09 bits per heavy atom. The van der Waals surface area contributed by atoms with Crippen LogP contribution in [0.2, 0.25) is 0 Å². The first kappa shape index (κ1) is 16.3. The molecular weight excluding hydrogens is 286 g/mol. The van der Waals surface area contributed by atoms with E-state index in [4.69, 9.17) is 10.8 Å². The lowest BCUT2D eigenvalue weighted by Crippen LogP contribution is -2.56. The van der Waals surface area contributed by atoms with Crippen molar-refractivity contribution < 1.29 is 19.9 Å². The number of carbonyl (C=O) groups excluding carboxylic acids is 1. The summed E-state index contributed by atoms with van der Waals surface area (Å²) < 4.78 is 0. The van der Waals surface area contributed by atoms with Crippen LogP contribution in [0.1, 0.15) is 49.8 Å². The molecular formula is C15H21N3O4. The van der Waals surface area contributed by atoms with E-state index >= 15 is 0 Å². The molecule has 22 heavy (non-hydrogen) atoms. The highest BCUT2D eigenvalue weighted by Gasteiger charge is 2.59. The van der Waals surface area contributed by atoms with Crippen molar-refractivity contribution in [3.05, 3.63) is 35.4 Å². The first-order chi connectivity index (χ1) is 10.0. The van der Waals surface area contributed by atoms with Crippen LogP contribution < -0.4 is 5.73 Å². The molecule has 2 amide bonds. The third kappa shape index (κ3) is 2.13. The molecule has 2 rings (SSSR count). The first-order valence-electron chi connectivity index (χ1n) is 6.92. The number of benzene rings is 1. The number of hydrogen-bond donors (Lipinski definition) is 3. The number of hydrogen-bond acceptors (Lipinski definition) is 4. The van der Waals surface area contributed by atoms with Gasteiger partial charge >= 0.3 is 12.0 Å². The monoisotopic (exact) mass is 307 g/mol. The van der Waals surface area contributed by atoms with Crippen LogP contribution in [0.15, 0.2) is 24.3 Å². The molecule has 4 N–H and O–H groups in total. The number of nitrogens with zero attached hydrogens (tertiary/aromatic N) is 2. The SMILES string of the molecule is CC1(C)N(O)C(c2ccc(C(=O)O)cc2)N(C(N)=O)C1(C)C. The van der Waals surface area contributed by atoms with Gasteiger partial charge in [-0.25, -0.2) is 9.59 Å². The summed E-state index contributed by atoms with van der Waals surface area (Å²) in [6, 6.07) is 5.36. The van der Waals surface area contributed by atoms with Gasteiger partial charge in [0.25, 0.3) is 0 Å². The smallest absolute Gasteiger partial charge is 0.335 e. The van der Waals surface area contributed by atoms with Crippen LogP contribution in [0.5, 0.6) is 0 Å². The quantitative estimate of drug-likeness (QED) is 0.775. The standard InChI is InChI=1S/C15H21N3O4/c1-14(2)15(3,4)18(22)11(17(14)13(16)21)9-5-7-10(8-6-9)12(19)20/h5-8,11,22H,1-4H3,(H2,16,21)(H,19,20). The predicted octanol–water partition coefficient (Wildman–Crippen LogP) is 2.03. The van der Waals surface area contributed by atoms with E-state index < -0.39 is 29.2 Å². The van der Waals surface area contributed by atoms with E-state index in [0.29, 0.717) is 5.56 Å². The second-order valence-corrected chi connectivity index (χ2v) is 6.47. The molecule has 0 aromatic heterocycles. The third-order valence-electron chi connectivity index (χ3n) is 4.84. The predicted molar refractivity (Wildman–Crippen MR) is 79.3 cm³/mol. The van der Waals surface area contributed by atoms with Crippen LogP contribution in [0, 0.1) is 0 Å². The van der Waals surface area contributed by atoms with E-state index in [1.54, 1.807) is 12.1 Å². The number of hydroxylamine groups is 2. The number of carboxylic acid groups (broad SMARTS) is 1. The van der Waals surface area contributed by atoms with Crippen molar-refractivity contribution in [3.63, 3.8) is 0 Å². The maximum absolute atomic E-state index is 11.9. The van der Waals surface area contributed by atoms with E-state index in [2.05, 4.69) is 0 Å². The Kier molecular flexibility index (Phi) is 3.67. The summed E-state index contributed by atoms with van der Waals surface area (Å²) in [5, 5.41) is 20.6. The van der Waals surface area contributed by atoms with Crippen molar-refractivity contribution in [3.8, 4) is 0 Å². The molecule has 1 atom stereocenters. The molecule has 0 radical (unpaired) electrons. The van der Waals surface area contributed by atoms with Crippen LogP contribution in [0.25, 0.3) is 0 Å². The zero-order valence-electron chi connectivity index (χ0n) is 13.1. The van der Waals surface area contributed by atoms with Crippen molar-refractivity contribution in [2.75, 3.05) is 0 Å². The molecule has 7 heteroatoms. The summed E-state index contributed by atoms with van der Waals surface area (Å²) in [7, 11) is 0. The highest BCUT2D eigenvalue weighted by Crippen LogP contribution is 2.48. The minimum Gasteiger partial charge on any atom is -0.478 e. The van der Waals surface area contributed by atoms with E-state index in [9.17, 15) is 14.8 Å². The topological polar surface area (TPSA) is 107 Å². The van der Waals surface area contributed by atoms with Gasteiger partial charge in [-0.1, -0.05) is 12.1 Å². The number of nitrogens with two attached hydrogens (primary N) is 1. The fraction of sp³-hybridized carbons (Fsp3) is 0.467. The molecule has 0 saturated carbocycles. The Bertz CT molecular complexity index is 610. The number of carboxylic acids is 1. The largest absolute Gasteiger partial charge is 0.478 e. The van der Waals surface area contributed by atoms with Gasteiger partial charge in [0.15, 0.2) is 0 Å². The number of rotatable bonds is 2. The molecule has 0 spiro atoms. The van der Waals surface area contributed by atoms with Gasteiger partial charge in [-0.15, -0.1) is 0 Å². The summed E-state index contributed by atoms with van der Waals surface area (Å²) in [6.07, 6.45) is -0.773. The fourth-order valence-electron chi connectivity index (χ4n) is 2.78. The number of carbonyl (C=O) groups is 2. The number of amides is 2. The molecule has 7 nitrogen and oxygen atoms in total. The lowest BCUT2D eigenvalue weighted by molar-refractivity contribution is -0.177. The Hall–Kier alpha value is -2.12. The summed E-state index contributed by atoms with van der Waals surface area (Å²) in [5.41, 5.74) is 4.78. The molecule has 1 aliphatic heterocycles. The van der Waals surface area contributed by atoms with E-state index in [-0.39, 0.29) is 5.56 Å². The fourth-order valence-corrected chi connectivity index (χ4v) is 2.78. The number of primary amides is 1. The first-order valence-corrected chi connectivity index (χ1v) is 6.92. The van der Waals surface area contributed by atoms with E-state index in [0.717, 1.165) is 5.06 Å². The van der Waals surface area contributed by atoms with Crippen LogP contribution >= 0.6 is 0 Å². The zero-order valence-corrected chi connectivity index (χ0v) is 13.1. The highest BCUT2D eigenvalue weighted by molar-refractivity contribution is 5.87. The molecule has 120 valence electrons. The Morgan fingerprint density at radius 3 is 2.00 bits per heavy atom. The average Bonchev–Trinajstić information content (AvgIpc) is 2.56. The second kappa shape index (κ2) is 4.96. The summed E-state index contributed by atoms with van der Waals surface area (Å²) >= 11 is 0. The number of aromatic carboxylic acids is 1. The maximum atomic E-state index is 11.9. The number of urea groups is 1. The van der Waals surface area contributed by atoms with Crippen molar-refractivity contribution in [2.45, 2.75) is 44.9 Å². The lowest BCUT2D eigenvalue weighted by Gasteiger charge is -2.39. The minimum absolute atomic E-state index is 0.135. The third-order valence-corrected chi connectivity index (χ3v) is 4.84. The molecule has 1 fully saturated rings. The molecule has 1 aliphatic rings. The van der Waals surface area contributed by atoms with Gasteiger partial charge in [-0.2, -0.15) is 5.06 Å². The van der Waals surface area contributed by atoms with Crippen LogP contribution in [-0.4, -0.2) is 43.4 Å². The molecule has 0 aliphatic carbocycles. The Labute approximate surface area is 128 Å². The van der Waals surface area contributed by atoms with E-state index in [1.807, 2.05) is 27.7 Å². The highest BCUT2D eigenvalue weighted by atomic mass is 16.5. The van der Waals surface area contributed by atoms with Gasteiger partial charge in [-0.05, 0) is 45.4 Å².